The van der Waals surface area contributed by atoms with Gasteiger partial charge in [-0.3, -0.25) is 0 Å². The van der Waals surface area contributed by atoms with Crippen LogP contribution in [0.1, 0.15) is 29.7 Å². The minimum atomic E-state index is -0.918. The number of rotatable bonds is 5. The average molecular weight is 406 g/mol. The zero-order chi connectivity index (χ0) is 17.1. The summed E-state index contributed by atoms with van der Waals surface area (Å²) in [5, 5.41) is 11.3. The van der Waals surface area contributed by atoms with Crippen LogP contribution in [0.4, 0.5) is 0 Å². The molecule has 3 N–H and O–H groups in total. The number of pyridine rings is 1. The lowest BCUT2D eigenvalue weighted by Crippen LogP contribution is -2.20. The molecule has 2 aromatic rings. The zero-order valence-electron chi connectivity index (χ0n) is 13.3. The Morgan fingerprint density at radius 2 is 1.96 bits per heavy atom. The number of aliphatic hydroxyl groups excluding tert-OH is 1. The van der Waals surface area contributed by atoms with Crippen LogP contribution < -0.4 is 10.5 Å². The van der Waals surface area contributed by atoms with Crippen molar-refractivity contribution in [2.75, 3.05) is 13.2 Å². The molecule has 5 nitrogen and oxygen atoms in total. The lowest BCUT2D eigenvalue weighted by molar-refractivity contribution is 0.136. The first-order valence-electron chi connectivity index (χ1n) is 7.63. The molecular formula is C17H19Cl3N2O3. The highest BCUT2D eigenvalue weighted by atomic mass is 35.5. The van der Waals surface area contributed by atoms with Crippen molar-refractivity contribution in [2.45, 2.75) is 24.7 Å². The van der Waals surface area contributed by atoms with E-state index in [1.807, 2.05) is 0 Å². The van der Waals surface area contributed by atoms with Crippen LogP contribution in [0.15, 0.2) is 36.5 Å². The van der Waals surface area contributed by atoms with E-state index in [1.54, 1.807) is 36.5 Å². The summed E-state index contributed by atoms with van der Waals surface area (Å²) in [6.07, 6.45) is 1.53. The molecule has 1 aromatic heterocycles. The third kappa shape index (κ3) is 4.97. The Morgan fingerprint density at radius 3 is 2.56 bits per heavy atom. The maximum absolute atomic E-state index is 10.5. The minimum absolute atomic E-state index is 0. The number of nitrogens with zero attached hydrogens (tertiary/aromatic N) is 1. The van der Waals surface area contributed by atoms with Gasteiger partial charge in [-0.15, -0.1) is 12.4 Å². The first kappa shape index (κ1) is 20.2. The smallest absolute Gasteiger partial charge is 0.213 e. The van der Waals surface area contributed by atoms with E-state index in [-0.39, 0.29) is 18.5 Å². The van der Waals surface area contributed by atoms with Gasteiger partial charge in [0.2, 0.25) is 5.88 Å². The predicted octanol–water partition coefficient (Wildman–Crippen LogP) is 3.71. The van der Waals surface area contributed by atoms with E-state index < -0.39 is 12.1 Å². The second kappa shape index (κ2) is 9.03. The van der Waals surface area contributed by atoms with Crippen molar-refractivity contribution < 1.29 is 14.6 Å². The third-order valence-corrected chi connectivity index (χ3v) is 4.68. The Bertz CT molecular complexity index is 694. The van der Waals surface area contributed by atoms with Gasteiger partial charge >= 0.3 is 0 Å². The van der Waals surface area contributed by atoms with Crippen LogP contribution in [-0.4, -0.2) is 29.4 Å². The maximum Gasteiger partial charge on any atom is 0.213 e. The molecule has 1 aromatic carbocycles. The molecule has 3 rings (SSSR count). The highest BCUT2D eigenvalue weighted by Crippen LogP contribution is 2.31. The van der Waals surface area contributed by atoms with Gasteiger partial charge in [0.25, 0.3) is 0 Å². The van der Waals surface area contributed by atoms with Gasteiger partial charge in [-0.25, -0.2) is 4.98 Å². The molecule has 8 heteroatoms. The number of benzene rings is 1. The van der Waals surface area contributed by atoms with Crippen LogP contribution in [0.3, 0.4) is 0 Å². The summed E-state index contributed by atoms with van der Waals surface area (Å²) in [4.78, 5) is 4.23. The van der Waals surface area contributed by atoms with Crippen molar-refractivity contribution in [2.24, 2.45) is 5.73 Å². The molecule has 0 bridgehead atoms. The van der Waals surface area contributed by atoms with Gasteiger partial charge in [-0.2, -0.15) is 0 Å². The minimum Gasteiger partial charge on any atom is -0.472 e. The van der Waals surface area contributed by atoms with Crippen molar-refractivity contribution in [3.05, 3.63) is 57.7 Å². The topological polar surface area (TPSA) is 77.6 Å². The summed E-state index contributed by atoms with van der Waals surface area (Å²) >= 11 is 11.9. The fourth-order valence-electron chi connectivity index (χ4n) is 2.52. The lowest BCUT2D eigenvalue weighted by Gasteiger charge is -2.20. The molecule has 2 heterocycles. The first-order valence-corrected chi connectivity index (χ1v) is 8.39. The van der Waals surface area contributed by atoms with Crippen LogP contribution in [-0.2, 0) is 4.74 Å². The Labute approximate surface area is 162 Å². The monoisotopic (exact) mass is 404 g/mol. The molecule has 0 amide bonds. The molecule has 1 aliphatic rings. The number of halogens is 3. The van der Waals surface area contributed by atoms with Crippen molar-refractivity contribution in [1.29, 1.82) is 0 Å². The van der Waals surface area contributed by atoms with E-state index >= 15 is 0 Å². The fourth-order valence-corrected chi connectivity index (χ4v) is 2.83. The van der Waals surface area contributed by atoms with Crippen LogP contribution >= 0.6 is 35.6 Å². The van der Waals surface area contributed by atoms with Gasteiger partial charge in [-0.1, -0.05) is 29.3 Å². The molecule has 1 saturated heterocycles. The van der Waals surface area contributed by atoms with E-state index in [9.17, 15) is 5.11 Å². The molecule has 1 aliphatic heterocycles. The van der Waals surface area contributed by atoms with Crippen molar-refractivity contribution >= 4 is 35.6 Å². The number of hydrogen-bond donors (Lipinski definition) is 2. The lowest BCUT2D eigenvalue weighted by atomic mass is 9.98. The highest BCUT2D eigenvalue weighted by Gasteiger charge is 2.21. The Kier molecular flexibility index (Phi) is 7.31. The van der Waals surface area contributed by atoms with E-state index in [0.717, 1.165) is 6.42 Å². The summed E-state index contributed by atoms with van der Waals surface area (Å²) in [6, 6.07) is 7.88. The standard InChI is InChI=1S/C17H18Cl2N2O3.ClH/c18-13-3-1-10(7-14(13)19)16(20)17(22)11-2-4-15(21-8-11)24-12-5-6-23-9-12;/h1-4,7-8,12,16-17,22H,5-6,9,20H2;1H/t12?,16-,17+;/m0./s1. The second-order valence-corrected chi connectivity index (χ2v) is 6.49. The van der Waals surface area contributed by atoms with E-state index in [2.05, 4.69) is 4.98 Å². The molecule has 0 spiro atoms. The van der Waals surface area contributed by atoms with Gasteiger partial charge in [0.1, 0.15) is 6.10 Å². The second-order valence-electron chi connectivity index (χ2n) is 5.68. The van der Waals surface area contributed by atoms with Gasteiger partial charge in [0.15, 0.2) is 0 Å². The summed E-state index contributed by atoms with van der Waals surface area (Å²) in [7, 11) is 0. The molecule has 0 aliphatic carbocycles. The van der Waals surface area contributed by atoms with Crippen LogP contribution in [0.5, 0.6) is 5.88 Å². The van der Waals surface area contributed by atoms with Crippen LogP contribution in [0, 0.1) is 0 Å². The van der Waals surface area contributed by atoms with Gasteiger partial charge in [0, 0.05) is 24.2 Å². The van der Waals surface area contributed by atoms with E-state index in [1.165, 1.54) is 0 Å². The molecule has 3 atom stereocenters. The summed E-state index contributed by atoms with van der Waals surface area (Å²) < 4.78 is 11.0. The van der Waals surface area contributed by atoms with Crippen LogP contribution in [0.2, 0.25) is 10.0 Å². The first-order chi connectivity index (χ1) is 11.5. The molecule has 0 saturated carbocycles. The molecule has 25 heavy (non-hydrogen) atoms. The molecule has 1 fully saturated rings. The van der Waals surface area contributed by atoms with Gasteiger partial charge in [0.05, 0.1) is 35.4 Å². The summed E-state index contributed by atoms with van der Waals surface area (Å²) in [5.41, 5.74) is 7.43. The van der Waals surface area contributed by atoms with Crippen molar-refractivity contribution in [3.63, 3.8) is 0 Å². The van der Waals surface area contributed by atoms with Crippen molar-refractivity contribution in [1.82, 2.24) is 4.98 Å². The molecule has 136 valence electrons. The Hall–Kier alpha value is -1.08. The normalized spacial score (nSPS) is 19.1. The predicted molar refractivity (Wildman–Crippen MR) is 99.7 cm³/mol. The molecular weight excluding hydrogens is 387 g/mol. The summed E-state index contributed by atoms with van der Waals surface area (Å²) in [5.74, 6) is 0.504. The molecule has 0 radical (unpaired) electrons. The number of nitrogens with two attached hydrogens (primary N) is 1. The Morgan fingerprint density at radius 1 is 1.20 bits per heavy atom. The third-order valence-electron chi connectivity index (χ3n) is 3.94. The fraction of sp³-hybridized carbons (Fsp3) is 0.353. The largest absolute Gasteiger partial charge is 0.472 e. The molecule has 1 unspecified atom stereocenters. The SMILES string of the molecule is Cl.N[C@@H](c1ccc(Cl)c(Cl)c1)[C@H](O)c1ccc(OC2CCOC2)nc1. The average Bonchev–Trinajstić information content (AvgIpc) is 3.10. The zero-order valence-corrected chi connectivity index (χ0v) is 15.6. The van der Waals surface area contributed by atoms with E-state index in [4.69, 9.17) is 38.4 Å². The Balaban J connectivity index is 0.00000225. The van der Waals surface area contributed by atoms with Crippen LogP contribution in [0.25, 0.3) is 0 Å². The number of hydrogen-bond acceptors (Lipinski definition) is 5. The maximum atomic E-state index is 10.5. The number of aliphatic hydroxyl groups is 1. The summed E-state index contributed by atoms with van der Waals surface area (Å²) in [6.45, 7) is 1.29. The van der Waals surface area contributed by atoms with Crippen molar-refractivity contribution in [3.8, 4) is 5.88 Å². The van der Waals surface area contributed by atoms with Gasteiger partial charge in [-0.05, 0) is 23.8 Å². The highest BCUT2D eigenvalue weighted by molar-refractivity contribution is 6.42. The quantitative estimate of drug-likeness (QED) is 0.793. The van der Waals surface area contributed by atoms with E-state index in [0.29, 0.717) is 40.3 Å². The number of aromatic nitrogens is 1. The van der Waals surface area contributed by atoms with Gasteiger partial charge < -0.3 is 20.3 Å². The number of ether oxygens (including phenoxy) is 2.